The lowest BCUT2D eigenvalue weighted by Gasteiger charge is -2.09. The molecule has 1 N–H and O–H groups in total. The molecule has 0 radical (unpaired) electrons. The molecule has 1 aromatic heterocycles. The Morgan fingerprint density at radius 3 is 3.00 bits per heavy atom. The maximum atomic E-state index is 11.2. The van der Waals surface area contributed by atoms with Crippen molar-refractivity contribution in [1.29, 1.82) is 0 Å². The summed E-state index contributed by atoms with van der Waals surface area (Å²) in [6.45, 7) is 2.07. The number of amides is 1. The van der Waals surface area contributed by atoms with Crippen molar-refractivity contribution in [3.05, 3.63) is 29.5 Å². The van der Waals surface area contributed by atoms with Gasteiger partial charge >= 0.3 is 0 Å². The first-order chi connectivity index (χ1) is 9.13. The number of hydrogen-bond donors (Lipinski definition) is 1. The summed E-state index contributed by atoms with van der Waals surface area (Å²) in [6.07, 6.45) is 4.29. The molecule has 102 valence electrons. The van der Waals surface area contributed by atoms with Crippen LogP contribution in [-0.4, -0.2) is 24.0 Å². The van der Waals surface area contributed by atoms with E-state index < -0.39 is 0 Å². The molecule has 0 bridgehead atoms. The van der Waals surface area contributed by atoms with E-state index in [-0.39, 0.29) is 11.9 Å². The minimum atomic E-state index is 0.0838. The Morgan fingerprint density at radius 1 is 1.63 bits per heavy atom. The van der Waals surface area contributed by atoms with Gasteiger partial charge in [-0.2, -0.15) is 0 Å². The Hall–Kier alpha value is -1.36. The summed E-state index contributed by atoms with van der Waals surface area (Å²) < 4.78 is 6.16. The van der Waals surface area contributed by atoms with Crippen molar-refractivity contribution in [2.75, 3.05) is 7.11 Å². The Balaban J connectivity index is 2.21. The second-order valence-electron chi connectivity index (χ2n) is 4.45. The minimum absolute atomic E-state index is 0.0838. The second kappa shape index (κ2) is 6.19. The molecule has 1 aliphatic heterocycles. The van der Waals surface area contributed by atoms with Gasteiger partial charge in [0.05, 0.1) is 12.8 Å². The highest BCUT2D eigenvalue weighted by molar-refractivity contribution is 9.15. The zero-order valence-electron chi connectivity index (χ0n) is 11.1. The molecule has 1 fully saturated rings. The topological polar surface area (TPSA) is 51.2 Å². The number of aryl methyl sites for hydroxylation is 1. The summed E-state index contributed by atoms with van der Waals surface area (Å²) in [5.74, 6) is 0.759. The summed E-state index contributed by atoms with van der Waals surface area (Å²) in [4.78, 5) is 15.6. The van der Waals surface area contributed by atoms with E-state index in [1.165, 1.54) is 0 Å². The number of hydrogen-bond acceptors (Lipinski definition) is 3. The smallest absolute Gasteiger partial charge is 0.220 e. The molecule has 1 atom stereocenters. The standard InChI is InChI=1S/C14H17BrN2O2/c1-3-9-4-6-12(17-14(9)19-2)11(15)8-10-5-7-13(18)16-10/h4,6,8,10H,3,5,7H2,1-2H3,(H,16,18)/t10-/m1/s1. The van der Waals surface area contributed by atoms with Gasteiger partial charge in [-0.25, -0.2) is 4.98 Å². The first-order valence-electron chi connectivity index (χ1n) is 6.35. The van der Waals surface area contributed by atoms with Crippen LogP contribution in [0.15, 0.2) is 18.2 Å². The highest BCUT2D eigenvalue weighted by atomic mass is 79.9. The first-order valence-corrected chi connectivity index (χ1v) is 7.14. The molecule has 1 saturated heterocycles. The predicted octanol–water partition coefficient (Wildman–Crippen LogP) is 2.67. The molecular weight excluding hydrogens is 308 g/mol. The number of nitrogens with one attached hydrogen (secondary N) is 1. The molecule has 2 heterocycles. The van der Waals surface area contributed by atoms with Gasteiger partial charge in [0.25, 0.3) is 0 Å². The van der Waals surface area contributed by atoms with Crippen LogP contribution in [0.1, 0.15) is 31.0 Å². The normalized spacial score (nSPS) is 19.4. The van der Waals surface area contributed by atoms with Gasteiger partial charge in [0.2, 0.25) is 11.8 Å². The fraction of sp³-hybridized carbons (Fsp3) is 0.429. The molecule has 1 aliphatic rings. The quantitative estimate of drug-likeness (QED) is 0.926. The summed E-state index contributed by atoms with van der Waals surface area (Å²) >= 11 is 3.52. The molecular formula is C14H17BrN2O2. The van der Waals surface area contributed by atoms with Gasteiger partial charge in [-0.3, -0.25) is 4.79 Å². The number of ether oxygens (including phenoxy) is 1. The zero-order chi connectivity index (χ0) is 13.8. The third-order valence-electron chi connectivity index (χ3n) is 3.13. The van der Waals surface area contributed by atoms with Crippen LogP contribution in [-0.2, 0) is 11.2 Å². The second-order valence-corrected chi connectivity index (χ2v) is 5.30. The molecule has 19 heavy (non-hydrogen) atoms. The molecule has 0 saturated carbocycles. The van der Waals surface area contributed by atoms with Gasteiger partial charge in [-0.1, -0.05) is 13.0 Å². The zero-order valence-corrected chi connectivity index (χ0v) is 12.7. The van der Waals surface area contributed by atoms with E-state index in [1.54, 1.807) is 7.11 Å². The van der Waals surface area contributed by atoms with Crippen molar-refractivity contribution in [2.24, 2.45) is 0 Å². The fourth-order valence-corrected chi connectivity index (χ4v) is 2.61. The SMILES string of the molecule is CCc1ccc(C(Br)=C[C@H]2CCC(=O)N2)nc1OC. The number of methoxy groups -OCH3 is 1. The van der Waals surface area contributed by atoms with Crippen LogP contribution in [0, 0.1) is 0 Å². The number of pyridine rings is 1. The van der Waals surface area contributed by atoms with Gasteiger partial charge in [0.15, 0.2) is 0 Å². The summed E-state index contributed by atoms with van der Waals surface area (Å²) in [5.41, 5.74) is 1.90. The number of aromatic nitrogens is 1. The maximum absolute atomic E-state index is 11.2. The van der Waals surface area contributed by atoms with Crippen LogP contribution in [0.2, 0.25) is 0 Å². The van der Waals surface area contributed by atoms with Crippen LogP contribution in [0.25, 0.3) is 4.48 Å². The molecule has 0 unspecified atom stereocenters. The van der Waals surface area contributed by atoms with Crippen LogP contribution in [0.5, 0.6) is 5.88 Å². The molecule has 1 aromatic rings. The fourth-order valence-electron chi connectivity index (χ4n) is 2.07. The molecule has 4 nitrogen and oxygen atoms in total. The maximum Gasteiger partial charge on any atom is 0.220 e. The molecule has 0 aliphatic carbocycles. The number of carbonyl (C=O) groups excluding carboxylic acids is 1. The average Bonchev–Trinajstić information content (AvgIpc) is 2.83. The van der Waals surface area contributed by atoms with Gasteiger partial charge in [-0.05, 0) is 40.9 Å². The van der Waals surface area contributed by atoms with E-state index in [1.807, 2.05) is 18.2 Å². The summed E-state index contributed by atoms with van der Waals surface area (Å²) in [5, 5.41) is 2.90. The van der Waals surface area contributed by atoms with Crippen LogP contribution in [0.4, 0.5) is 0 Å². The Labute approximate surface area is 121 Å². The Bertz CT molecular complexity index is 514. The highest BCUT2D eigenvalue weighted by Gasteiger charge is 2.19. The molecule has 0 aromatic carbocycles. The predicted molar refractivity (Wildman–Crippen MR) is 78.2 cm³/mol. The van der Waals surface area contributed by atoms with E-state index >= 15 is 0 Å². The first kappa shape index (κ1) is 14.1. The Kier molecular flexibility index (Phi) is 4.58. The number of halogens is 1. The Morgan fingerprint density at radius 2 is 2.42 bits per heavy atom. The lowest BCUT2D eigenvalue weighted by Crippen LogP contribution is -2.23. The van der Waals surface area contributed by atoms with Crippen molar-refractivity contribution >= 4 is 26.3 Å². The molecule has 5 heteroatoms. The van der Waals surface area contributed by atoms with Crippen molar-refractivity contribution in [3.8, 4) is 5.88 Å². The lowest BCUT2D eigenvalue weighted by molar-refractivity contribution is -0.119. The van der Waals surface area contributed by atoms with Gasteiger partial charge in [0, 0.05) is 22.5 Å². The van der Waals surface area contributed by atoms with Crippen molar-refractivity contribution in [2.45, 2.75) is 32.2 Å². The van der Waals surface area contributed by atoms with E-state index in [9.17, 15) is 4.79 Å². The van der Waals surface area contributed by atoms with Gasteiger partial charge < -0.3 is 10.1 Å². The minimum Gasteiger partial charge on any atom is -0.481 e. The summed E-state index contributed by atoms with van der Waals surface area (Å²) in [7, 11) is 1.63. The molecule has 0 spiro atoms. The molecule has 1 amide bonds. The number of carbonyl (C=O) groups is 1. The number of nitrogens with zero attached hydrogens (tertiary/aromatic N) is 1. The van der Waals surface area contributed by atoms with E-state index in [0.29, 0.717) is 12.3 Å². The lowest BCUT2D eigenvalue weighted by atomic mass is 10.1. The van der Waals surface area contributed by atoms with Crippen LogP contribution < -0.4 is 10.1 Å². The van der Waals surface area contributed by atoms with Crippen LogP contribution >= 0.6 is 15.9 Å². The average molecular weight is 325 g/mol. The monoisotopic (exact) mass is 324 g/mol. The summed E-state index contributed by atoms with van der Waals surface area (Å²) in [6, 6.07) is 4.06. The van der Waals surface area contributed by atoms with E-state index in [2.05, 4.69) is 33.2 Å². The van der Waals surface area contributed by atoms with Crippen molar-refractivity contribution in [1.82, 2.24) is 10.3 Å². The van der Waals surface area contributed by atoms with Crippen molar-refractivity contribution < 1.29 is 9.53 Å². The van der Waals surface area contributed by atoms with Crippen molar-refractivity contribution in [3.63, 3.8) is 0 Å². The van der Waals surface area contributed by atoms with Gasteiger partial charge in [0.1, 0.15) is 0 Å². The van der Waals surface area contributed by atoms with E-state index in [4.69, 9.17) is 4.74 Å². The third-order valence-corrected chi connectivity index (χ3v) is 3.80. The highest BCUT2D eigenvalue weighted by Crippen LogP contribution is 2.26. The van der Waals surface area contributed by atoms with E-state index in [0.717, 1.165) is 28.6 Å². The van der Waals surface area contributed by atoms with Crippen LogP contribution in [0.3, 0.4) is 0 Å². The molecule has 2 rings (SSSR count). The van der Waals surface area contributed by atoms with Gasteiger partial charge in [-0.15, -0.1) is 0 Å². The number of rotatable bonds is 4. The largest absolute Gasteiger partial charge is 0.481 e. The third kappa shape index (κ3) is 3.35.